The number of nitrogens with one attached hydrogen (secondary N) is 1. The van der Waals surface area contributed by atoms with Gasteiger partial charge in [0.2, 0.25) is 0 Å². The highest BCUT2D eigenvalue weighted by molar-refractivity contribution is 5.91. The van der Waals surface area contributed by atoms with Crippen molar-refractivity contribution in [2.24, 2.45) is 5.73 Å². The van der Waals surface area contributed by atoms with Crippen molar-refractivity contribution >= 4 is 11.6 Å². The van der Waals surface area contributed by atoms with Gasteiger partial charge in [0.25, 0.3) is 5.91 Å². The molecule has 18 heavy (non-hydrogen) atoms. The molecule has 0 atom stereocenters. The van der Waals surface area contributed by atoms with Gasteiger partial charge in [0.15, 0.2) is 0 Å². The van der Waals surface area contributed by atoms with E-state index >= 15 is 0 Å². The Hall–Kier alpha value is -2.36. The van der Waals surface area contributed by atoms with Gasteiger partial charge in [-0.1, -0.05) is 29.8 Å². The van der Waals surface area contributed by atoms with Crippen LogP contribution in [-0.2, 0) is 6.54 Å². The number of nitrogens with zero attached hydrogens (tertiary/aromatic N) is 1. The van der Waals surface area contributed by atoms with Crippen LogP contribution in [0, 0.1) is 6.92 Å². The molecule has 0 aliphatic heterocycles. The summed E-state index contributed by atoms with van der Waals surface area (Å²) in [5.74, 6) is -0.519. The molecule has 0 radical (unpaired) electrons. The summed E-state index contributed by atoms with van der Waals surface area (Å²) >= 11 is 0. The van der Waals surface area contributed by atoms with E-state index in [1.54, 1.807) is 18.3 Å². The number of anilines is 1. The lowest BCUT2D eigenvalue weighted by molar-refractivity contribution is 0.0995. The molecule has 0 saturated carbocycles. The lowest BCUT2D eigenvalue weighted by atomic mass is 10.1. The third-order valence-corrected chi connectivity index (χ3v) is 2.63. The molecule has 3 N–H and O–H groups in total. The van der Waals surface area contributed by atoms with E-state index in [1.165, 1.54) is 11.1 Å². The van der Waals surface area contributed by atoms with E-state index < -0.39 is 5.91 Å². The Kier molecular flexibility index (Phi) is 3.57. The van der Waals surface area contributed by atoms with E-state index in [-0.39, 0.29) is 5.69 Å². The average Bonchev–Trinajstić information content (AvgIpc) is 2.38. The maximum absolute atomic E-state index is 11.0. The molecule has 2 aromatic rings. The number of carbonyl (C=O) groups is 1. The highest BCUT2D eigenvalue weighted by Crippen LogP contribution is 2.10. The lowest BCUT2D eigenvalue weighted by Crippen LogP contribution is -2.13. The summed E-state index contributed by atoms with van der Waals surface area (Å²) in [6, 6.07) is 11.7. The highest BCUT2D eigenvalue weighted by Gasteiger charge is 2.02. The maximum Gasteiger partial charge on any atom is 0.267 e. The molecule has 1 aromatic heterocycles. The molecule has 0 aliphatic carbocycles. The van der Waals surface area contributed by atoms with Gasteiger partial charge >= 0.3 is 0 Å². The van der Waals surface area contributed by atoms with Crippen LogP contribution in [-0.4, -0.2) is 10.9 Å². The molecule has 4 heteroatoms. The van der Waals surface area contributed by atoms with Gasteiger partial charge in [-0.05, 0) is 24.6 Å². The van der Waals surface area contributed by atoms with Crippen molar-refractivity contribution in [3.05, 3.63) is 59.4 Å². The minimum atomic E-state index is -0.519. The summed E-state index contributed by atoms with van der Waals surface area (Å²) in [6.07, 6.45) is 1.57. The number of aryl methyl sites for hydroxylation is 1. The third-order valence-electron chi connectivity index (χ3n) is 2.63. The topological polar surface area (TPSA) is 68.0 Å². The number of carbonyl (C=O) groups excluding carboxylic acids is 1. The predicted octanol–water partition coefficient (Wildman–Crippen LogP) is 2.10. The zero-order valence-electron chi connectivity index (χ0n) is 10.2. The number of amides is 1. The fraction of sp³-hybridized carbons (Fsp3) is 0.143. The molecular formula is C14H15N3O. The minimum absolute atomic E-state index is 0.268. The summed E-state index contributed by atoms with van der Waals surface area (Å²) < 4.78 is 0. The lowest BCUT2D eigenvalue weighted by Gasteiger charge is -2.07. The minimum Gasteiger partial charge on any atom is -0.381 e. The van der Waals surface area contributed by atoms with Crippen molar-refractivity contribution < 1.29 is 4.79 Å². The van der Waals surface area contributed by atoms with E-state index in [1.807, 2.05) is 0 Å². The van der Waals surface area contributed by atoms with Gasteiger partial charge in [-0.25, -0.2) is 0 Å². The molecule has 0 bridgehead atoms. The number of primary amides is 1. The van der Waals surface area contributed by atoms with E-state index in [9.17, 15) is 4.79 Å². The quantitative estimate of drug-likeness (QED) is 0.861. The van der Waals surface area contributed by atoms with Crippen LogP contribution in [0.5, 0.6) is 0 Å². The second kappa shape index (κ2) is 5.31. The summed E-state index contributed by atoms with van der Waals surface area (Å²) in [5.41, 5.74) is 8.69. The zero-order valence-corrected chi connectivity index (χ0v) is 10.2. The van der Waals surface area contributed by atoms with Crippen molar-refractivity contribution in [2.45, 2.75) is 13.5 Å². The van der Waals surface area contributed by atoms with Crippen molar-refractivity contribution in [2.75, 3.05) is 5.32 Å². The van der Waals surface area contributed by atoms with Gasteiger partial charge in [-0.2, -0.15) is 0 Å². The second-order valence-electron chi connectivity index (χ2n) is 4.13. The molecule has 0 aliphatic rings. The third kappa shape index (κ3) is 3.07. The van der Waals surface area contributed by atoms with Crippen molar-refractivity contribution in [1.82, 2.24) is 4.98 Å². The molecule has 0 spiro atoms. The number of hydrogen-bond donors (Lipinski definition) is 2. The Balaban J connectivity index is 2.04. The van der Waals surface area contributed by atoms with Crippen LogP contribution in [0.4, 0.5) is 5.69 Å². The van der Waals surface area contributed by atoms with Crippen LogP contribution in [0.2, 0.25) is 0 Å². The smallest absolute Gasteiger partial charge is 0.267 e. The van der Waals surface area contributed by atoms with E-state index in [2.05, 4.69) is 41.5 Å². The number of nitrogens with two attached hydrogens (primary N) is 1. The second-order valence-corrected chi connectivity index (χ2v) is 4.13. The number of aromatic nitrogens is 1. The van der Waals surface area contributed by atoms with Crippen LogP contribution in [0.15, 0.2) is 42.6 Å². The molecule has 1 heterocycles. The highest BCUT2D eigenvalue weighted by atomic mass is 16.1. The van der Waals surface area contributed by atoms with Gasteiger partial charge in [0, 0.05) is 18.4 Å². The number of hydrogen-bond acceptors (Lipinski definition) is 3. The molecule has 4 nitrogen and oxygen atoms in total. The number of pyridine rings is 1. The van der Waals surface area contributed by atoms with Gasteiger partial charge in [-0.15, -0.1) is 0 Å². The van der Waals surface area contributed by atoms with Gasteiger partial charge in [0.05, 0.1) is 0 Å². The van der Waals surface area contributed by atoms with Crippen LogP contribution in [0.1, 0.15) is 21.6 Å². The summed E-state index contributed by atoms with van der Waals surface area (Å²) in [7, 11) is 0. The summed E-state index contributed by atoms with van der Waals surface area (Å²) in [6.45, 7) is 2.75. The van der Waals surface area contributed by atoms with Crippen LogP contribution >= 0.6 is 0 Å². The molecule has 0 saturated heterocycles. The van der Waals surface area contributed by atoms with Crippen LogP contribution < -0.4 is 11.1 Å². The molecular weight excluding hydrogens is 226 g/mol. The molecule has 1 amide bonds. The molecule has 0 fully saturated rings. The molecule has 0 unspecified atom stereocenters. The Morgan fingerprint density at radius 3 is 2.67 bits per heavy atom. The number of benzene rings is 1. The fourth-order valence-corrected chi connectivity index (χ4v) is 1.59. The average molecular weight is 241 g/mol. The van der Waals surface area contributed by atoms with Crippen molar-refractivity contribution in [3.63, 3.8) is 0 Å². The monoisotopic (exact) mass is 241 g/mol. The van der Waals surface area contributed by atoms with Crippen LogP contribution in [0.3, 0.4) is 0 Å². The van der Waals surface area contributed by atoms with Gasteiger partial charge < -0.3 is 11.1 Å². The largest absolute Gasteiger partial charge is 0.381 e. The fourth-order valence-electron chi connectivity index (χ4n) is 1.59. The summed E-state index contributed by atoms with van der Waals surface area (Å²) in [5, 5.41) is 3.23. The normalized spacial score (nSPS) is 10.1. The first-order valence-corrected chi connectivity index (χ1v) is 5.70. The Labute approximate surface area is 106 Å². The maximum atomic E-state index is 11.0. The van der Waals surface area contributed by atoms with E-state index in [4.69, 9.17) is 5.73 Å². The Bertz CT molecular complexity index is 549. The van der Waals surface area contributed by atoms with Gasteiger partial charge in [0.1, 0.15) is 5.69 Å². The number of rotatable bonds is 4. The van der Waals surface area contributed by atoms with E-state index in [0.717, 1.165) is 5.69 Å². The van der Waals surface area contributed by atoms with Crippen LogP contribution in [0.25, 0.3) is 0 Å². The Morgan fingerprint density at radius 1 is 1.28 bits per heavy atom. The SMILES string of the molecule is Cc1ccc(CNc2ccnc(C(N)=O)c2)cc1. The molecule has 92 valence electrons. The molecule has 1 aromatic carbocycles. The van der Waals surface area contributed by atoms with E-state index in [0.29, 0.717) is 6.54 Å². The zero-order chi connectivity index (χ0) is 13.0. The standard InChI is InChI=1S/C14H15N3O/c1-10-2-4-11(5-3-10)9-17-12-6-7-16-13(8-12)14(15)18/h2-8H,9H2,1H3,(H2,15,18)(H,16,17). The van der Waals surface area contributed by atoms with Crippen molar-refractivity contribution in [3.8, 4) is 0 Å². The summed E-state index contributed by atoms with van der Waals surface area (Å²) in [4.78, 5) is 14.9. The first kappa shape index (κ1) is 12.1. The first-order valence-electron chi connectivity index (χ1n) is 5.70. The van der Waals surface area contributed by atoms with Gasteiger partial charge in [-0.3, -0.25) is 9.78 Å². The first-order chi connectivity index (χ1) is 8.65. The predicted molar refractivity (Wildman–Crippen MR) is 71.3 cm³/mol. The molecule has 2 rings (SSSR count). The van der Waals surface area contributed by atoms with Crippen molar-refractivity contribution in [1.29, 1.82) is 0 Å². The Morgan fingerprint density at radius 2 is 2.00 bits per heavy atom.